The van der Waals surface area contributed by atoms with Crippen molar-refractivity contribution < 1.29 is 23.4 Å². The predicted molar refractivity (Wildman–Crippen MR) is 88.3 cm³/mol. The topological polar surface area (TPSA) is 53.0 Å². The number of aromatic carboxylic acids is 1. The van der Waals surface area contributed by atoms with Crippen LogP contribution in [0.25, 0.3) is 0 Å². The zero-order valence-corrected chi connectivity index (χ0v) is 14.5. The Morgan fingerprint density at radius 3 is 2.25 bits per heavy atom. The van der Waals surface area contributed by atoms with E-state index in [9.17, 15) is 13.6 Å². The van der Waals surface area contributed by atoms with Crippen molar-refractivity contribution >= 4 is 5.97 Å². The first-order valence-electron chi connectivity index (χ1n) is 8.07. The minimum absolute atomic E-state index is 0.146. The van der Waals surface area contributed by atoms with Gasteiger partial charge in [-0.15, -0.1) is 0 Å². The number of hydrogen-bond acceptors (Lipinski definition) is 4. The number of carboxylic acids is 1. The van der Waals surface area contributed by atoms with Gasteiger partial charge in [0.15, 0.2) is 0 Å². The first kappa shape index (κ1) is 20.5. The number of hydrogen-bond donors (Lipinski definition) is 1. The smallest absolute Gasteiger partial charge is 0.338 e. The van der Waals surface area contributed by atoms with E-state index in [0.29, 0.717) is 19.7 Å². The largest absolute Gasteiger partial charge is 0.478 e. The second-order valence-electron chi connectivity index (χ2n) is 5.52. The summed E-state index contributed by atoms with van der Waals surface area (Å²) in [5.74, 6) is -3.11. The Kier molecular flexibility index (Phi) is 8.81. The standard InChI is InChI=1S/C17H26F2N2O3/c1-4-20(5-2)6-7-21(8-9-24-3)12-13-10-16(19)14(17(22)23)11-15(13)18/h10-11H,4-9,12H2,1-3H3,(H,22,23). The molecule has 0 radical (unpaired) electrons. The van der Waals surface area contributed by atoms with E-state index in [0.717, 1.165) is 31.8 Å². The third-order valence-corrected chi connectivity index (χ3v) is 4.00. The molecule has 0 bridgehead atoms. The highest BCUT2D eigenvalue weighted by Gasteiger charge is 2.17. The Hall–Kier alpha value is -1.57. The number of carbonyl (C=O) groups is 1. The molecule has 1 rings (SSSR count). The molecule has 0 fully saturated rings. The van der Waals surface area contributed by atoms with Crippen molar-refractivity contribution in [2.45, 2.75) is 20.4 Å². The third kappa shape index (κ3) is 6.14. The number of ether oxygens (including phenoxy) is 1. The van der Waals surface area contributed by atoms with E-state index < -0.39 is 23.2 Å². The fourth-order valence-electron chi connectivity index (χ4n) is 2.43. The Morgan fingerprint density at radius 1 is 1.08 bits per heavy atom. The van der Waals surface area contributed by atoms with E-state index in [1.807, 2.05) is 4.90 Å². The van der Waals surface area contributed by atoms with Gasteiger partial charge >= 0.3 is 5.97 Å². The summed E-state index contributed by atoms with van der Waals surface area (Å²) in [7, 11) is 1.59. The van der Waals surface area contributed by atoms with Crippen molar-refractivity contribution in [3.63, 3.8) is 0 Å². The van der Waals surface area contributed by atoms with Crippen LogP contribution in [0.15, 0.2) is 12.1 Å². The predicted octanol–water partition coefficient (Wildman–Crippen LogP) is 2.45. The normalized spacial score (nSPS) is 11.5. The molecular weight excluding hydrogens is 318 g/mol. The van der Waals surface area contributed by atoms with Gasteiger partial charge in [0.25, 0.3) is 0 Å². The SMILES string of the molecule is CCN(CC)CCN(CCOC)Cc1cc(F)c(C(=O)O)cc1F. The van der Waals surface area contributed by atoms with Gasteiger partial charge in [-0.2, -0.15) is 0 Å². The van der Waals surface area contributed by atoms with E-state index in [4.69, 9.17) is 9.84 Å². The quantitative estimate of drug-likeness (QED) is 0.668. The number of halogens is 2. The molecule has 7 heteroatoms. The highest BCUT2D eigenvalue weighted by Crippen LogP contribution is 2.17. The summed E-state index contributed by atoms with van der Waals surface area (Å²) < 4.78 is 33.0. The minimum atomic E-state index is -1.48. The van der Waals surface area contributed by atoms with Gasteiger partial charge in [-0.3, -0.25) is 4.90 Å². The summed E-state index contributed by atoms with van der Waals surface area (Å²) in [6, 6.07) is 1.71. The van der Waals surface area contributed by atoms with Crippen LogP contribution < -0.4 is 0 Å². The van der Waals surface area contributed by atoms with Crippen LogP contribution in [-0.4, -0.2) is 67.3 Å². The monoisotopic (exact) mass is 344 g/mol. The van der Waals surface area contributed by atoms with Gasteiger partial charge in [-0.25, -0.2) is 13.6 Å². The molecule has 0 unspecified atom stereocenters. The van der Waals surface area contributed by atoms with Gasteiger partial charge in [-0.05, 0) is 25.2 Å². The molecule has 0 amide bonds. The molecule has 0 aliphatic carbocycles. The Bertz CT molecular complexity index is 537. The summed E-state index contributed by atoms with van der Waals surface area (Å²) in [4.78, 5) is 15.1. The van der Waals surface area contributed by atoms with E-state index >= 15 is 0 Å². The minimum Gasteiger partial charge on any atom is -0.478 e. The van der Waals surface area contributed by atoms with Crippen LogP contribution in [0.3, 0.4) is 0 Å². The van der Waals surface area contributed by atoms with Crippen LogP contribution in [0.5, 0.6) is 0 Å². The van der Waals surface area contributed by atoms with Crippen molar-refractivity contribution in [3.05, 3.63) is 34.9 Å². The van der Waals surface area contributed by atoms with Crippen molar-refractivity contribution in [2.75, 3.05) is 46.4 Å². The van der Waals surface area contributed by atoms with Gasteiger partial charge < -0.3 is 14.7 Å². The van der Waals surface area contributed by atoms with Gasteiger partial charge in [0.1, 0.15) is 11.6 Å². The fraction of sp³-hybridized carbons (Fsp3) is 0.588. The summed E-state index contributed by atoms with van der Waals surface area (Å²) in [5, 5.41) is 8.84. The van der Waals surface area contributed by atoms with E-state index in [-0.39, 0.29) is 12.1 Å². The zero-order chi connectivity index (χ0) is 18.1. The maximum atomic E-state index is 14.1. The van der Waals surface area contributed by atoms with Crippen molar-refractivity contribution in [3.8, 4) is 0 Å². The van der Waals surface area contributed by atoms with E-state index in [2.05, 4.69) is 18.7 Å². The average molecular weight is 344 g/mol. The zero-order valence-electron chi connectivity index (χ0n) is 14.5. The fourth-order valence-corrected chi connectivity index (χ4v) is 2.43. The summed E-state index contributed by atoms with van der Waals surface area (Å²) >= 11 is 0. The van der Waals surface area contributed by atoms with Crippen LogP contribution in [0.2, 0.25) is 0 Å². The molecule has 0 aliphatic heterocycles. The Labute approximate surface area is 141 Å². The van der Waals surface area contributed by atoms with Gasteiger partial charge in [0.2, 0.25) is 0 Å². The van der Waals surface area contributed by atoms with Gasteiger partial charge in [-0.1, -0.05) is 13.8 Å². The van der Waals surface area contributed by atoms with E-state index in [1.165, 1.54) is 0 Å². The van der Waals surface area contributed by atoms with Crippen molar-refractivity contribution in [1.29, 1.82) is 0 Å². The molecule has 0 aromatic heterocycles. The lowest BCUT2D eigenvalue weighted by molar-refractivity contribution is 0.0691. The molecule has 1 N–H and O–H groups in total. The second-order valence-corrected chi connectivity index (χ2v) is 5.52. The number of benzene rings is 1. The van der Waals surface area contributed by atoms with Gasteiger partial charge in [0.05, 0.1) is 12.2 Å². The molecule has 0 atom stereocenters. The second kappa shape index (κ2) is 10.3. The molecule has 0 spiro atoms. The highest BCUT2D eigenvalue weighted by molar-refractivity contribution is 5.87. The Balaban J connectivity index is 2.85. The first-order chi connectivity index (χ1) is 11.4. The lowest BCUT2D eigenvalue weighted by atomic mass is 10.1. The number of methoxy groups -OCH3 is 1. The molecule has 136 valence electrons. The summed E-state index contributed by atoms with van der Waals surface area (Å²) in [5.41, 5.74) is -0.504. The van der Waals surface area contributed by atoms with Crippen LogP contribution >= 0.6 is 0 Å². The summed E-state index contributed by atoms with van der Waals surface area (Å²) in [6.45, 7) is 8.75. The molecule has 0 saturated heterocycles. The maximum absolute atomic E-state index is 14.1. The van der Waals surface area contributed by atoms with Crippen LogP contribution in [0.1, 0.15) is 29.8 Å². The lowest BCUT2D eigenvalue weighted by Gasteiger charge is -2.26. The first-order valence-corrected chi connectivity index (χ1v) is 8.07. The van der Waals surface area contributed by atoms with E-state index in [1.54, 1.807) is 7.11 Å². The number of carboxylic acid groups (broad SMARTS) is 1. The molecular formula is C17H26F2N2O3. The third-order valence-electron chi connectivity index (χ3n) is 4.00. The van der Waals surface area contributed by atoms with Gasteiger partial charge in [0, 0.05) is 38.9 Å². The Morgan fingerprint density at radius 2 is 1.71 bits per heavy atom. The number of nitrogens with zero attached hydrogens (tertiary/aromatic N) is 2. The highest BCUT2D eigenvalue weighted by atomic mass is 19.1. The maximum Gasteiger partial charge on any atom is 0.338 e. The van der Waals surface area contributed by atoms with Crippen molar-refractivity contribution in [1.82, 2.24) is 9.80 Å². The average Bonchev–Trinajstić information content (AvgIpc) is 2.55. The van der Waals surface area contributed by atoms with Crippen LogP contribution in [-0.2, 0) is 11.3 Å². The lowest BCUT2D eigenvalue weighted by Crippen LogP contribution is -2.36. The van der Waals surface area contributed by atoms with Crippen LogP contribution in [0, 0.1) is 11.6 Å². The molecule has 0 saturated carbocycles. The number of likely N-dealkylation sites (N-methyl/N-ethyl adjacent to an activating group) is 1. The molecule has 1 aromatic rings. The molecule has 0 heterocycles. The van der Waals surface area contributed by atoms with Crippen LogP contribution in [0.4, 0.5) is 8.78 Å². The summed E-state index contributed by atoms with van der Waals surface area (Å²) in [6.07, 6.45) is 0. The van der Waals surface area contributed by atoms with Crippen molar-refractivity contribution in [2.24, 2.45) is 0 Å². The molecule has 24 heavy (non-hydrogen) atoms. The molecule has 5 nitrogen and oxygen atoms in total. The molecule has 1 aromatic carbocycles. The molecule has 0 aliphatic rings. The number of rotatable bonds is 11.